The molecule has 0 aliphatic heterocycles. The van der Waals surface area contributed by atoms with Crippen LogP contribution in [0.15, 0.2) is 12.1 Å². The summed E-state index contributed by atoms with van der Waals surface area (Å²) in [6.45, 7) is -0.430. The zero-order chi connectivity index (χ0) is 10.7. The number of carbonyl (C=O) groups is 1. The van der Waals surface area contributed by atoms with Crippen LogP contribution in [0.3, 0.4) is 0 Å². The molecule has 1 aromatic carbocycles. The number of benzene rings is 1. The highest BCUT2D eigenvalue weighted by atomic mass is 19.1. The van der Waals surface area contributed by atoms with Gasteiger partial charge in [-0.15, -0.1) is 0 Å². The zero-order valence-electron chi connectivity index (χ0n) is 7.51. The van der Waals surface area contributed by atoms with Crippen LogP contribution < -0.4 is 10.5 Å². The number of nitrogens with two attached hydrogens (primary N) is 1. The fourth-order valence-corrected chi connectivity index (χ4v) is 1.04. The molecule has 0 aromatic heterocycles. The number of carbonyl (C=O) groups excluding carboxylic acids is 1. The fourth-order valence-electron chi connectivity index (χ4n) is 1.04. The van der Waals surface area contributed by atoms with Gasteiger partial charge in [-0.3, -0.25) is 4.79 Å². The summed E-state index contributed by atoms with van der Waals surface area (Å²) in [5.41, 5.74) is 4.38. The van der Waals surface area contributed by atoms with Crippen molar-refractivity contribution in [2.45, 2.75) is 0 Å². The van der Waals surface area contributed by atoms with Crippen molar-refractivity contribution in [3.8, 4) is 5.75 Å². The molecule has 0 saturated carbocycles. The Balaban J connectivity index is 3.25. The van der Waals surface area contributed by atoms with Gasteiger partial charge in [0, 0.05) is 12.1 Å². The van der Waals surface area contributed by atoms with Gasteiger partial charge >= 0.3 is 0 Å². The largest absolute Gasteiger partial charge is 0.497 e. The van der Waals surface area contributed by atoms with E-state index in [1.54, 1.807) is 0 Å². The van der Waals surface area contributed by atoms with Crippen LogP contribution in [0.25, 0.3) is 0 Å². The topological polar surface area (TPSA) is 52.3 Å². The van der Waals surface area contributed by atoms with Gasteiger partial charge in [-0.05, 0) is 0 Å². The summed E-state index contributed by atoms with van der Waals surface area (Å²) < 4.78 is 30.9. The number of ketones is 1. The molecule has 0 radical (unpaired) electrons. The van der Waals surface area contributed by atoms with Crippen LogP contribution in [-0.2, 0) is 0 Å². The quantitative estimate of drug-likeness (QED) is 0.745. The highest BCUT2D eigenvalue weighted by Crippen LogP contribution is 2.20. The molecule has 0 amide bonds. The Morgan fingerprint density at radius 1 is 1.43 bits per heavy atom. The van der Waals surface area contributed by atoms with Gasteiger partial charge in [0.15, 0.2) is 5.78 Å². The number of ether oxygens (including phenoxy) is 1. The Kier molecular flexibility index (Phi) is 3.14. The Bertz CT molecular complexity index is 343. The molecule has 0 aliphatic carbocycles. The second-order valence-corrected chi connectivity index (χ2v) is 2.59. The average molecular weight is 201 g/mol. The molecule has 14 heavy (non-hydrogen) atoms. The number of methoxy groups -OCH3 is 1. The standard InChI is InChI=1S/C9H9F2NO2/c1-14-5-2-6(10)9(7(11)3-5)8(13)4-12/h2-3H,4,12H2,1H3. The van der Waals surface area contributed by atoms with Gasteiger partial charge in [0.05, 0.1) is 19.2 Å². The molecule has 3 nitrogen and oxygen atoms in total. The van der Waals surface area contributed by atoms with Crippen LogP contribution >= 0.6 is 0 Å². The van der Waals surface area contributed by atoms with E-state index in [1.165, 1.54) is 7.11 Å². The molecule has 0 heterocycles. The molecule has 1 aromatic rings. The summed E-state index contributed by atoms with van der Waals surface area (Å²) in [7, 11) is 1.28. The summed E-state index contributed by atoms with van der Waals surface area (Å²) in [5, 5.41) is 0. The third kappa shape index (κ3) is 1.88. The van der Waals surface area contributed by atoms with Crippen molar-refractivity contribution >= 4 is 5.78 Å². The summed E-state index contributed by atoms with van der Waals surface area (Å²) in [6, 6.07) is 1.87. The second kappa shape index (κ2) is 4.15. The number of rotatable bonds is 3. The maximum absolute atomic E-state index is 13.1. The van der Waals surface area contributed by atoms with Crippen molar-refractivity contribution in [3.63, 3.8) is 0 Å². The number of hydrogen-bond donors (Lipinski definition) is 1. The van der Waals surface area contributed by atoms with Gasteiger partial charge in [-0.1, -0.05) is 0 Å². The lowest BCUT2D eigenvalue weighted by Crippen LogP contribution is -2.17. The SMILES string of the molecule is COc1cc(F)c(C(=O)CN)c(F)c1. The minimum absolute atomic E-state index is 0.0218. The molecule has 76 valence electrons. The molecule has 0 bridgehead atoms. The van der Waals surface area contributed by atoms with Crippen molar-refractivity contribution in [1.82, 2.24) is 0 Å². The monoisotopic (exact) mass is 201 g/mol. The second-order valence-electron chi connectivity index (χ2n) is 2.59. The van der Waals surface area contributed by atoms with Gasteiger partial charge in [0.25, 0.3) is 0 Å². The molecule has 2 N–H and O–H groups in total. The number of hydrogen-bond acceptors (Lipinski definition) is 3. The third-order valence-corrected chi connectivity index (χ3v) is 1.72. The molecule has 0 fully saturated rings. The van der Waals surface area contributed by atoms with Crippen LogP contribution in [0, 0.1) is 11.6 Å². The van der Waals surface area contributed by atoms with Crippen molar-refractivity contribution in [2.24, 2.45) is 5.73 Å². The van der Waals surface area contributed by atoms with Crippen LogP contribution in [0.5, 0.6) is 5.75 Å². The fraction of sp³-hybridized carbons (Fsp3) is 0.222. The highest BCUT2D eigenvalue weighted by Gasteiger charge is 2.17. The Morgan fingerprint density at radius 3 is 2.29 bits per heavy atom. The van der Waals surface area contributed by atoms with Crippen molar-refractivity contribution in [1.29, 1.82) is 0 Å². The molecule has 0 aliphatic rings. The van der Waals surface area contributed by atoms with Crippen molar-refractivity contribution in [2.75, 3.05) is 13.7 Å². The van der Waals surface area contributed by atoms with Gasteiger partial charge < -0.3 is 10.5 Å². The van der Waals surface area contributed by atoms with E-state index in [4.69, 9.17) is 5.73 Å². The first kappa shape index (κ1) is 10.6. The lowest BCUT2D eigenvalue weighted by atomic mass is 10.1. The van der Waals surface area contributed by atoms with Gasteiger partial charge in [0.2, 0.25) is 0 Å². The summed E-state index contributed by atoms with van der Waals surface area (Å²) in [5.74, 6) is -2.68. The van der Waals surface area contributed by atoms with Crippen molar-refractivity contribution in [3.05, 3.63) is 29.3 Å². The Hall–Kier alpha value is -1.49. The molecule has 0 atom stereocenters. The molecule has 0 spiro atoms. The van der Waals surface area contributed by atoms with E-state index in [1.807, 2.05) is 0 Å². The van der Waals surface area contributed by atoms with E-state index in [2.05, 4.69) is 4.74 Å². The van der Waals surface area contributed by atoms with Crippen LogP contribution in [-0.4, -0.2) is 19.4 Å². The minimum Gasteiger partial charge on any atom is -0.497 e. The van der Waals surface area contributed by atoms with Crippen molar-refractivity contribution < 1.29 is 18.3 Å². The number of Topliss-reactive ketones (excluding diaryl/α,β-unsaturated/α-hetero) is 1. The summed E-state index contributed by atoms with van der Waals surface area (Å²) in [6.07, 6.45) is 0. The first-order valence-corrected chi connectivity index (χ1v) is 3.86. The van der Waals surface area contributed by atoms with Crippen LogP contribution in [0.2, 0.25) is 0 Å². The smallest absolute Gasteiger partial charge is 0.182 e. The molecular formula is C9H9F2NO2. The highest BCUT2D eigenvalue weighted by molar-refractivity contribution is 5.98. The van der Waals surface area contributed by atoms with Crippen LogP contribution in [0.4, 0.5) is 8.78 Å². The zero-order valence-corrected chi connectivity index (χ0v) is 7.51. The maximum atomic E-state index is 13.1. The predicted octanol–water partition coefficient (Wildman–Crippen LogP) is 1.11. The number of halogens is 2. The Morgan fingerprint density at radius 2 is 1.93 bits per heavy atom. The third-order valence-electron chi connectivity index (χ3n) is 1.72. The Labute approximate surface area is 79.5 Å². The van der Waals surface area contributed by atoms with Gasteiger partial charge in [0.1, 0.15) is 17.4 Å². The predicted molar refractivity (Wildman–Crippen MR) is 46.3 cm³/mol. The van der Waals surface area contributed by atoms with E-state index in [-0.39, 0.29) is 5.75 Å². The molecule has 5 heteroatoms. The van der Waals surface area contributed by atoms with Gasteiger partial charge in [-0.25, -0.2) is 8.78 Å². The first-order chi connectivity index (χ1) is 6.60. The summed E-state index contributed by atoms with van der Waals surface area (Å²) in [4.78, 5) is 11.0. The molecule has 0 unspecified atom stereocenters. The van der Waals surface area contributed by atoms with E-state index in [9.17, 15) is 13.6 Å². The molecular weight excluding hydrogens is 192 g/mol. The average Bonchev–Trinajstić information content (AvgIpc) is 2.16. The minimum atomic E-state index is -0.961. The first-order valence-electron chi connectivity index (χ1n) is 3.86. The normalized spacial score (nSPS) is 10.0. The van der Waals surface area contributed by atoms with Crippen LogP contribution in [0.1, 0.15) is 10.4 Å². The van der Waals surface area contributed by atoms with Gasteiger partial charge in [-0.2, -0.15) is 0 Å². The van der Waals surface area contributed by atoms with E-state index >= 15 is 0 Å². The van der Waals surface area contributed by atoms with E-state index in [0.29, 0.717) is 0 Å². The lowest BCUT2D eigenvalue weighted by Gasteiger charge is -2.05. The lowest BCUT2D eigenvalue weighted by molar-refractivity contribution is 0.0993. The molecule has 1 rings (SSSR count). The summed E-state index contributed by atoms with van der Waals surface area (Å²) >= 11 is 0. The van der Waals surface area contributed by atoms with E-state index in [0.717, 1.165) is 12.1 Å². The van der Waals surface area contributed by atoms with E-state index < -0.39 is 29.5 Å². The molecule has 0 saturated heterocycles. The maximum Gasteiger partial charge on any atom is 0.182 e.